The predicted molar refractivity (Wildman–Crippen MR) is 183 cm³/mol. The summed E-state index contributed by atoms with van der Waals surface area (Å²) in [5, 5.41) is 12.8. The van der Waals surface area contributed by atoms with Crippen LogP contribution in [0, 0.1) is 23.6 Å². The first-order valence-electron chi connectivity index (χ1n) is 17.7. The standard InChI is InChI=1S/C36H52FN7O5/c1-7-29(49-6)34(46)40-31(36(48)43-18-17-42(5)21(3)20-43)22(4)25-13-14-27(26(37)19-25)39-35(47)32(30(23-9-10-23)24-11-12-24)41-33(45)28-15-16-38-44(28)8-2/h13-16,19,21-24,29-32H,7-12,17-18,20H2,1-6H3,(H,39,47)(H,40,46)(H,41,45)/t21-,22+,29-,31-,32+/m1/s1. The molecule has 4 amide bonds. The van der Waals surface area contributed by atoms with Gasteiger partial charge in [0.2, 0.25) is 17.7 Å². The maximum absolute atomic E-state index is 15.9. The van der Waals surface area contributed by atoms with Crippen LogP contribution in [-0.4, -0.2) is 101 Å². The third-order valence-corrected chi connectivity index (χ3v) is 10.6. The summed E-state index contributed by atoms with van der Waals surface area (Å²) in [6, 6.07) is 4.44. The highest BCUT2D eigenvalue weighted by molar-refractivity contribution is 6.01. The molecular formula is C36H52FN7O5. The Labute approximate surface area is 288 Å². The first-order chi connectivity index (χ1) is 23.5. The third kappa shape index (κ3) is 8.49. The number of aromatic nitrogens is 2. The highest BCUT2D eigenvalue weighted by Crippen LogP contribution is 2.51. The summed E-state index contributed by atoms with van der Waals surface area (Å²) in [6.45, 7) is 9.78. The van der Waals surface area contributed by atoms with Crippen molar-refractivity contribution in [3.05, 3.63) is 47.5 Å². The molecule has 1 aromatic carbocycles. The van der Waals surface area contributed by atoms with E-state index in [-0.39, 0.29) is 29.5 Å². The quantitative estimate of drug-likeness (QED) is 0.262. The number of aryl methyl sites for hydroxylation is 1. The van der Waals surface area contributed by atoms with Crippen molar-refractivity contribution in [3.63, 3.8) is 0 Å². The summed E-state index contributed by atoms with van der Waals surface area (Å²) >= 11 is 0. The number of amides is 4. The molecule has 1 aliphatic heterocycles. The zero-order chi connectivity index (χ0) is 35.4. The molecule has 0 bridgehead atoms. The Morgan fingerprint density at radius 1 is 1.00 bits per heavy atom. The number of anilines is 1. The van der Waals surface area contributed by atoms with E-state index in [4.69, 9.17) is 4.74 Å². The molecule has 1 aromatic heterocycles. The van der Waals surface area contributed by atoms with Crippen molar-refractivity contribution in [2.24, 2.45) is 17.8 Å². The summed E-state index contributed by atoms with van der Waals surface area (Å²) in [6.07, 6.45) is 5.26. The fraction of sp³-hybridized carbons (Fsp3) is 0.639. The van der Waals surface area contributed by atoms with Crippen LogP contribution >= 0.6 is 0 Å². The Morgan fingerprint density at radius 3 is 2.27 bits per heavy atom. The van der Waals surface area contributed by atoms with Gasteiger partial charge in [0.05, 0.1) is 5.69 Å². The largest absolute Gasteiger partial charge is 0.372 e. The van der Waals surface area contributed by atoms with Crippen molar-refractivity contribution in [2.45, 2.75) is 96.5 Å². The maximum Gasteiger partial charge on any atom is 0.270 e. The molecule has 2 saturated carbocycles. The Kier molecular flexibility index (Phi) is 11.7. The summed E-state index contributed by atoms with van der Waals surface area (Å²) in [4.78, 5) is 58.2. The minimum absolute atomic E-state index is 0.0191. The van der Waals surface area contributed by atoms with Crippen molar-refractivity contribution >= 4 is 29.3 Å². The number of methoxy groups -OCH3 is 1. The molecular weight excluding hydrogens is 629 g/mol. The van der Waals surface area contributed by atoms with Gasteiger partial charge >= 0.3 is 0 Å². The number of hydrogen-bond acceptors (Lipinski definition) is 7. The van der Waals surface area contributed by atoms with Crippen LogP contribution in [0.2, 0.25) is 0 Å². The average Bonchev–Trinajstić information content (AvgIpc) is 4.04. The molecule has 2 aliphatic carbocycles. The first kappa shape index (κ1) is 36.4. The zero-order valence-corrected chi connectivity index (χ0v) is 29.6. The molecule has 12 nitrogen and oxygen atoms in total. The number of halogens is 1. The van der Waals surface area contributed by atoms with E-state index in [0.717, 1.165) is 25.7 Å². The lowest BCUT2D eigenvalue weighted by atomic mass is 9.88. The van der Waals surface area contributed by atoms with E-state index in [1.165, 1.54) is 19.2 Å². The Bertz CT molecular complexity index is 1490. The van der Waals surface area contributed by atoms with Crippen LogP contribution in [0.1, 0.15) is 81.8 Å². The fourth-order valence-corrected chi connectivity index (χ4v) is 7.09. The lowest BCUT2D eigenvalue weighted by Gasteiger charge is -2.40. The van der Waals surface area contributed by atoms with Gasteiger partial charge in [0.15, 0.2) is 0 Å². The van der Waals surface area contributed by atoms with Crippen LogP contribution in [0.3, 0.4) is 0 Å². The van der Waals surface area contributed by atoms with Gasteiger partial charge in [0.25, 0.3) is 5.91 Å². The van der Waals surface area contributed by atoms with Crippen molar-refractivity contribution in [1.29, 1.82) is 0 Å². The van der Waals surface area contributed by atoms with Crippen LogP contribution in [0.15, 0.2) is 30.5 Å². The molecule has 5 rings (SSSR count). The number of ether oxygens (including phenoxy) is 1. The molecule has 49 heavy (non-hydrogen) atoms. The van der Waals surface area contributed by atoms with Crippen LogP contribution in [0.5, 0.6) is 0 Å². The molecule has 13 heteroatoms. The highest BCUT2D eigenvalue weighted by Gasteiger charge is 2.48. The molecule has 3 aliphatic rings. The van der Waals surface area contributed by atoms with Crippen molar-refractivity contribution in [1.82, 2.24) is 30.2 Å². The number of nitrogens with one attached hydrogen (secondary N) is 3. The van der Waals surface area contributed by atoms with E-state index in [0.29, 0.717) is 55.7 Å². The van der Waals surface area contributed by atoms with Crippen LogP contribution in [0.25, 0.3) is 0 Å². The number of benzene rings is 1. The monoisotopic (exact) mass is 681 g/mol. The third-order valence-electron chi connectivity index (χ3n) is 10.6. The van der Waals surface area contributed by atoms with E-state index in [1.807, 2.05) is 27.8 Å². The summed E-state index contributed by atoms with van der Waals surface area (Å²) < 4.78 is 22.8. The van der Waals surface area contributed by atoms with Gasteiger partial charge in [-0.05, 0) is 94.5 Å². The topological polar surface area (TPSA) is 138 Å². The van der Waals surface area contributed by atoms with Gasteiger partial charge in [-0.1, -0.05) is 19.9 Å². The number of piperazine rings is 1. The highest BCUT2D eigenvalue weighted by atomic mass is 19.1. The van der Waals surface area contributed by atoms with Gasteiger partial charge in [0, 0.05) is 51.4 Å². The molecule has 5 atom stereocenters. The van der Waals surface area contributed by atoms with Gasteiger partial charge < -0.3 is 30.5 Å². The summed E-state index contributed by atoms with van der Waals surface area (Å²) in [5.74, 6) is -2.11. The normalized spacial score (nSPS) is 20.7. The van der Waals surface area contributed by atoms with Gasteiger partial charge in [0.1, 0.15) is 29.7 Å². The van der Waals surface area contributed by atoms with Crippen LogP contribution < -0.4 is 16.0 Å². The number of hydrogen-bond donors (Lipinski definition) is 3. The lowest BCUT2D eigenvalue weighted by molar-refractivity contribution is -0.142. The predicted octanol–water partition coefficient (Wildman–Crippen LogP) is 3.39. The number of likely N-dealkylation sites (N-methyl/N-ethyl adjacent to an activating group) is 1. The van der Waals surface area contributed by atoms with E-state index in [1.54, 1.807) is 34.8 Å². The van der Waals surface area contributed by atoms with Gasteiger partial charge in [-0.15, -0.1) is 0 Å². The maximum atomic E-state index is 15.9. The lowest BCUT2D eigenvalue weighted by Crippen LogP contribution is -2.58. The van der Waals surface area contributed by atoms with Crippen molar-refractivity contribution in [3.8, 4) is 0 Å². The fourth-order valence-electron chi connectivity index (χ4n) is 7.09. The van der Waals surface area contributed by atoms with E-state index >= 15 is 4.39 Å². The second-order valence-corrected chi connectivity index (χ2v) is 14.0. The van der Waals surface area contributed by atoms with Crippen LogP contribution in [-0.2, 0) is 25.7 Å². The molecule has 2 heterocycles. The van der Waals surface area contributed by atoms with Gasteiger partial charge in [-0.25, -0.2) is 4.39 Å². The second kappa shape index (κ2) is 15.8. The van der Waals surface area contributed by atoms with Crippen molar-refractivity contribution < 1.29 is 28.3 Å². The van der Waals surface area contributed by atoms with Crippen LogP contribution in [0.4, 0.5) is 10.1 Å². The molecule has 3 fully saturated rings. The summed E-state index contributed by atoms with van der Waals surface area (Å²) in [7, 11) is 3.46. The minimum atomic E-state index is -0.957. The molecule has 268 valence electrons. The summed E-state index contributed by atoms with van der Waals surface area (Å²) in [5.41, 5.74) is 0.843. The number of rotatable bonds is 15. The Balaban J connectivity index is 1.35. The number of nitrogens with zero attached hydrogens (tertiary/aromatic N) is 4. The number of carbonyl (C=O) groups excluding carboxylic acids is 4. The smallest absolute Gasteiger partial charge is 0.270 e. The minimum Gasteiger partial charge on any atom is -0.372 e. The Morgan fingerprint density at radius 2 is 1.69 bits per heavy atom. The SMILES string of the molecule is CC[C@@H](OC)C(=O)N[C@@H](C(=O)N1CCN(C)[C@H](C)C1)[C@@H](C)c1ccc(NC(=O)[C@@H](NC(=O)c2ccnn2CC)C(C2CC2)C2CC2)c(F)c1. The Hall–Kier alpha value is -3.84. The first-order valence-corrected chi connectivity index (χ1v) is 17.7. The molecule has 3 N–H and O–H groups in total. The average molecular weight is 682 g/mol. The molecule has 0 radical (unpaired) electrons. The molecule has 2 aromatic rings. The molecule has 0 spiro atoms. The van der Waals surface area contributed by atoms with E-state index in [9.17, 15) is 19.2 Å². The van der Waals surface area contributed by atoms with E-state index < -0.39 is 41.7 Å². The van der Waals surface area contributed by atoms with Gasteiger partial charge in [-0.2, -0.15) is 5.10 Å². The van der Waals surface area contributed by atoms with E-state index in [2.05, 4.69) is 25.9 Å². The second-order valence-electron chi connectivity index (χ2n) is 14.0. The molecule has 0 unspecified atom stereocenters. The van der Waals surface area contributed by atoms with Crippen molar-refractivity contribution in [2.75, 3.05) is 39.1 Å². The van der Waals surface area contributed by atoms with Gasteiger partial charge in [-0.3, -0.25) is 23.9 Å². The number of carbonyl (C=O) groups is 4. The molecule has 1 saturated heterocycles. The zero-order valence-electron chi connectivity index (χ0n) is 29.6.